The van der Waals surface area contributed by atoms with Crippen LogP contribution in [-0.4, -0.2) is 32.7 Å². The molecule has 0 aliphatic carbocycles. The molecular formula is C14H21N3O3S. The highest BCUT2D eigenvalue weighted by Crippen LogP contribution is 2.28. The van der Waals surface area contributed by atoms with E-state index in [1.807, 2.05) is 31.2 Å². The fraction of sp³-hybridized carbons (Fsp3) is 0.500. The highest BCUT2D eigenvalue weighted by atomic mass is 32.2. The molecule has 4 N–H and O–H groups in total. The van der Waals surface area contributed by atoms with Gasteiger partial charge in [-0.2, -0.15) is 0 Å². The molecule has 6 nitrogen and oxygen atoms in total. The Morgan fingerprint density at radius 3 is 2.86 bits per heavy atom. The number of nitrogens with one attached hydrogen (secondary N) is 2. The second kappa shape index (κ2) is 6.44. The van der Waals surface area contributed by atoms with Crippen LogP contribution in [0.2, 0.25) is 0 Å². The Kier molecular flexibility index (Phi) is 4.84. The molecule has 1 aliphatic heterocycles. The van der Waals surface area contributed by atoms with Gasteiger partial charge >= 0.3 is 0 Å². The summed E-state index contributed by atoms with van der Waals surface area (Å²) in [4.78, 5) is 12.2. The third-order valence-corrected chi connectivity index (χ3v) is 4.54. The third kappa shape index (κ3) is 4.44. The number of primary sulfonamides is 1. The molecule has 2 rings (SSSR count). The van der Waals surface area contributed by atoms with Crippen molar-refractivity contribution in [1.29, 1.82) is 0 Å². The van der Waals surface area contributed by atoms with Crippen LogP contribution >= 0.6 is 0 Å². The van der Waals surface area contributed by atoms with Gasteiger partial charge in [0.2, 0.25) is 15.9 Å². The first-order chi connectivity index (χ1) is 9.87. The number of para-hydroxylation sites is 1. The van der Waals surface area contributed by atoms with E-state index in [1.165, 1.54) is 0 Å². The molecule has 0 spiro atoms. The van der Waals surface area contributed by atoms with Crippen LogP contribution in [0.1, 0.15) is 18.9 Å². The molecule has 0 bridgehead atoms. The first-order valence-corrected chi connectivity index (χ1v) is 8.71. The molecule has 2 unspecified atom stereocenters. The summed E-state index contributed by atoms with van der Waals surface area (Å²) in [6, 6.07) is 7.98. The molecule has 1 aliphatic rings. The largest absolute Gasteiger partial charge is 0.382 e. The van der Waals surface area contributed by atoms with Crippen LogP contribution in [0.5, 0.6) is 0 Å². The van der Waals surface area contributed by atoms with Gasteiger partial charge in [-0.1, -0.05) is 18.2 Å². The second-order valence-electron chi connectivity index (χ2n) is 5.41. The lowest BCUT2D eigenvalue weighted by atomic mass is 9.87. The lowest BCUT2D eigenvalue weighted by molar-refractivity contribution is -0.125. The van der Waals surface area contributed by atoms with Crippen molar-refractivity contribution in [1.82, 2.24) is 5.32 Å². The summed E-state index contributed by atoms with van der Waals surface area (Å²) >= 11 is 0. The van der Waals surface area contributed by atoms with Gasteiger partial charge < -0.3 is 10.6 Å². The Morgan fingerprint density at radius 1 is 1.43 bits per heavy atom. The summed E-state index contributed by atoms with van der Waals surface area (Å²) in [7, 11) is -3.46. The molecule has 7 heteroatoms. The molecular weight excluding hydrogens is 290 g/mol. The molecule has 116 valence electrons. The highest BCUT2D eigenvalue weighted by molar-refractivity contribution is 7.89. The molecule has 0 saturated heterocycles. The lowest BCUT2D eigenvalue weighted by Crippen LogP contribution is -2.43. The Labute approximate surface area is 125 Å². The predicted octanol–water partition coefficient (Wildman–Crippen LogP) is 0.454. The average molecular weight is 311 g/mol. The number of fused-ring (bicyclic) bond motifs is 1. The molecule has 2 atom stereocenters. The van der Waals surface area contributed by atoms with Crippen molar-refractivity contribution in [3.63, 3.8) is 0 Å². The van der Waals surface area contributed by atoms with E-state index in [0.717, 1.165) is 11.3 Å². The van der Waals surface area contributed by atoms with Gasteiger partial charge in [-0.05, 0) is 31.4 Å². The third-order valence-electron chi connectivity index (χ3n) is 3.69. The Balaban J connectivity index is 1.88. The summed E-state index contributed by atoms with van der Waals surface area (Å²) in [6.45, 7) is 2.30. The van der Waals surface area contributed by atoms with Crippen molar-refractivity contribution in [3.05, 3.63) is 29.8 Å². The number of nitrogens with two attached hydrogens (primary N) is 1. The fourth-order valence-corrected chi connectivity index (χ4v) is 3.08. The van der Waals surface area contributed by atoms with E-state index >= 15 is 0 Å². The number of anilines is 1. The van der Waals surface area contributed by atoms with E-state index in [9.17, 15) is 13.2 Å². The average Bonchev–Trinajstić information content (AvgIpc) is 2.41. The van der Waals surface area contributed by atoms with E-state index in [0.29, 0.717) is 19.4 Å². The topological polar surface area (TPSA) is 101 Å². The van der Waals surface area contributed by atoms with Crippen LogP contribution in [0.25, 0.3) is 0 Å². The van der Waals surface area contributed by atoms with E-state index < -0.39 is 10.0 Å². The van der Waals surface area contributed by atoms with Crippen LogP contribution in [0.15, 0.2) is 24.3 Å². The van der Waals surface area contributed by atoms with Gasteiger partial charge in [0, 0.05) is 18.3 Å². The van der Waals surface area contributed by atoms with E-state index in [-0.39, 0.29) is 23.6 Å². The smallest absolute Gasteiger partial charge is 0.225 e. The van der Waals surface area contributed by atoms with Crippen molar-refractivity contribution in [3.8, 4) is 0 Å². The minimum Gasteiger partial charge on any atom is -0.382 e. The zero-order chi connectivity index (χ0) is 15.5. The molecule has 1 heterocycles. The standard InChI is InChI=1S/C14H21N3O3S/c1-10-12(9-11-5-2-3-6-13(11)17-10)14(18)16-7-4-8-21(15,19)20/h2-3,5-6,10,12,17H,4,7-9H2,1H3,(H,16,18)(H2,15,19,20). The fourth-order valence-electron chi connectivity index (χ4n) is 2.53. The number of sulfonamides is 1. The van der Waals surface area contributed by atoms with Gasteiger partial charge in [-0.25, -0.2) is 13.6 Å². The van der Waals surface area contributed by atoms with E-state index in [1.54, 1.807) is 0 Å². The zero-order valence-corrected chi connectivity index (χ0v) is 12.8. The number of amides is 1. The number of hydrogen-bond acceptors (Lipinski definition) is 4. The Morgan fingerprint density at radius 2 is 2.14 bits per heavy atom. The maximum absolute atomic E-state index is 12.2. The lowest BCUT2D eigenvalue weighted by Gasteiger charge is -2.31. The predicted molar refractivity (Wildman–Crippen MR) is 82.3 cm³/mol. The minimum absolute atomic E-state index is 0.0399. The quantitative estimate of drug-likeness (QED) is 0.687. The van der Waals surface area contributed by atoms with Crippen LogP contribution < -0.4 is 15.8 Å². The number of carbonyl (C=O) groups is 1. The molecule has 1 aromatic rings. The van der Waals surface area contributed by atoms with Gasteiger partial charge in [0.05, 0.1) is 11.7 Å². The molecule has 0 aromatic heterocycles. The van der Waals surface area contributed by atoms with Crippen molar-refractivity contribution in [2.45, 2.75) is 25.8 Å². The minimum atomic E-state index is -3.46. The van der Waals surface area contributed by atoms with Crippen molar-refractivity contribution in [2.75, 3.05) is 17.6 Å². The van der Waals surface area contributed by atoms with Crippen LogP contribution in [0.3, 0.4) is 0 Å². The summed E-state index contributed by atoms with van der Waals surface area (Å²) in [6.07, 6.45) is 1.01. The Hall–Kier alpha value is -1.60. The maximum atomic E-state index is 12.2. The first-order valence-electron chi connectivity index (χ1n) is 6.99. The van der Waals surface area contributed by atoms with Gasteiger partial charge in [-0.3, -0.25) is 4.79 Å². The van der Waals surface area contributed by atoms with E-state index in [2.05, 4.69) is 10.6 Å². The molecule has 0 saturated carbocycles. The number of benzene rings is 1. The molecule has 1 amide bonds. The summed E-state index contributed by atoms with van der Waals surface area (Å²) in [5.74, 6) is -0.331. The van der Waals surface area contributed by atoms with Crippen molar-refractivity contribution < 1.29 is 13.2 Å². The maximum Gasteiger partial charge on any atom is 0.225 e. The SMILES string of the molecule is CC1Nc2ccccc2CC1C(=O)NCCCS(N)(=O)=O. The number of hydrogen-bond donors (Lipinski definition) is 3. The molecule has 1 aromatic carbocycles. The van der Waals surface area contributed by atoms with Crippen molar-refractivity contribution >= 4 is 21.6 Å². The zero-order valence-electron chi connectivity index (χ0n) is 12.0. The van der Waals surface area contributed by atoms with Crippen LogP contribution in [-0.2, 0) is 21.2 Å². The van der Waals surface area contributed by atoms with Gasteiger partial charge in [0.25, 0.3) is 0 Å². The molecule has 21 heavy (non-hydrogen) atoms. The summed E-state index contributed by atoms with van der Waals surface area (Å²) < 4.78 is 21.6. The normalized spacial score (nSPS) is 21.2. The summed E-state index contributed by atoms with van der Waals surface area (Å²) in [5, 5.41) is 11.0. The molecule has 0 radical (unpaired) electrons. The van der Waals surface area contributed by atoms with Crippen molar-refractivity contribution in [2.24, 2.45) is 11.1 Å². The Bertz CT molecular complexity index is 616. The van der Waals surface area contributed by atoms with Crippen LogP contribution in [0.4, 0.5) is 5.69 Å². The first kappa shape index (κ1) is 15.8. The van der Waals surface area contributed by atoms with Gasteiger partial charge in [-0.15, -0.1) is 0 Å². The summed E-state index contributed by atoms with van der Waals surface area (Å²) in [5.41, 5.74) is 2.20. The van der Waals surface area contributed by atoms with Crippen LogP contribution in [0, 0.1) is 5.92 Å². The highest BCUT2D eigenvalue weighted by Gasteiger charge is 2.29. The van der Waals surface area contributed by atoms with E-state index in [4.69, 9.17) is 5.14 Å². The second-order valence-corrected chi connectivity index (χ2v) is 7.15. The number of rotatable bonds is 5. The van der Waals surface area contributed by atoms with Gasteiger partial charge in [0.15, 0.2) is 0 Å². The monoisotopic (exact) mass is 311 g/mol. The van der Waals surface area contributed by atoms with Gasteiger partial charge in [0.1, 0.15) is 0 Å². The molecule has 0 fully saturated rings. The number of carbonyl (C=O) groups excluding carboxylic acids is 1.